The summed E-state index contributed by atoms with van der Waals surface area (Å²) < 4.78 is 39.8. The first-order valence-electron chi connectivity index (χ1n) is 6.99. The van der Waals surface area contributed by atoms with Gasteiger partial charge in [-0.2, -0.15) is 13.2 Å². The van der Waals surface area contributed by atoms with E-state index in [0.29, 0.717) is 18.5 Å². The van der Waals surface area contributed by atoms with Gasteiger partial charge in [-0.05, 0) is 35.4 Å². The highest BCUT2D eigenvalue weighted by molar-refractivity contribution is 5.95. The predicted octanol–water partition coefficient (Wildman–Crippen LogP) is 2.07. The monoisotopic (exact) mass is 313 g/mol. The highest BCUT2D eigenvalue weighted by atomic mass is 19.4. The molecule has 0 aromatic carbocycles. The maximum Gasteiger partial charge on any atom is 0.406 e. The van der Waals surface area contributed by atoms with Crippen LogP contribution >= 0.6 is 0 Å². The molecular formula is C13H14F3N5O. The number of carbonyl (C=O) groups is 1. The zero-order valence-electron chi connectivity index (χ0n) is 11.6. The van der Waals surface area contributed by atoms with Crippen LogP contribution in [0.3, 0.4) is 0 Å². The number of alkyl halides is 3. The smallest absolute Gasteiger partial charge is 0.327 e. The number of amides is 1. The van der Waals surface area contributed by atoms with Gasteiger partial charge in [-0.3, -0.25) is 4.79 Å². The normalized spacial score (nSPS) is 16.3. The number of aromatic nitrogens is 4. The summed E-state index contributed by atoms with van der Waals surface area (Å²) in [6.45, 7) is -1.23. The minimum absolute atomic E-state index is 0.165. The number of tetrazole rings is 1. The fourth-order valence-electron chi connectivity index (χ4n) is 2.81. The van der Waals surface area contributed by atoms with Gasteiger partial charge in [-0.1, -0.05) is 12.8 Å². The lowest BCUT2D eigenvalue weighted by Crippen LogP contribution is -2.44. The topological polar surface area (TPSA) is 63.4 Å². The van der Waals surface area contributed by atoms with Gasteiger partial charge in [0.25, 0.3) is 5.91 Å². The highest BCUT2D eigenvalue weighted by Gasteiger charge is 2.37. The maximum absolute atomic E-state index is 12.8. The van der Waals surface area contributed by atoms with Gasteiger partial charge in [0.2, 0.25) is 0 Å². The van der Waals surface area contributed by atoms with E-state index < -0.39 is 18.6 Å². The van der Waals surface area contributed by atoms with Crippen molar-refractivity contribution in [1.82, 2.24) is 24.9 Å². The summed E-state index contributed by atoms with van der Waals surface area (Å²) in [5.74, 6) is -0.630. The van der Waals surface area contributed by atoms with Crippen LogP contribution in [0.5, 0.6) is 0 Å². The molecule has 0 unspecified atom stereocenters. The second kappa shape index (κ2) is 5.54. The Morgan fingerprint density at radius 3 is 2.77 bits per heavy atom. The fourth-order valence-corrected chi connectivity index (χ4v) is 2.81. The van der Waals surface area contributed by atoms with Crippen LogP contribution in [-0.4, -0.2) is 49.6 Å². The SMILES string of the molecule is O=C(c1ccn2nnnc2c1)N(CC(F)(F)F)C1CCCC1. The molecule has 2 aromatic heterocycles. The number of hydrogen-bond acceptors (Lipinski definition) is 4. The van der Waals surface area contributed by atoms with Gasteiger partial charge in [0.15, 0.2) is 5.65 Å². The number of rotatable bonds is 3. The van der Waals surface area contributed by atoms with Crippen molar-refractivity contribution in [3.05, 3.63) is 23.9 Å². The molecule has 1 aliphatic rings. The summed E-state index contributed by atoms with van der Waals surface area (Å²) in [5, 5.41) is 10.8. The van der Waals surface area contributed by atoms with E-state index in [1.54, 1.807) is 0 Å². The molecule has 2 heterocycles. The minimum Gasteiger partial charge on any atom is -0.327 e. The van der Waals surface area contributed by atoms with Crippen LogP contribution in [0.1, 0.15) is 36.0 Å². The van der Waals surface area contributed by atoms with Crippen molar-refractivity contribution in [2.45, 2.75) is 37.9 Å². The van der Waals surface area contributed by atoms with Crippen molar-refractivity contribution >= 4 is 11.6 Å². The van der Waals surface area contributed by atoms with Crippen LogP contribution < -0.4 is 0 Å². The Morgan fingerprint density at radius 2 is 2.09 bits per heavy atom. The Hall–Kier alpha value is -2.19. The molecule has 0 radical (unpaired) electrons. The average Bonchev–Trinajstić information content (AvgIpc) is 3.13. The molecule has 1 amide bonds. The van der Waals surface area contributed by atoms with Gasteiger partial charge < -0.3 is 4.90 Å². The lowest BCUT2D eigenvalue weighted by Gasteiger charge is -2.29. The summed E-state index contributed by atoms with van der Waals surface area (Å²) in [6, 6.07) is 2.48. The van der Waals surface area contributed by atoms with Gasteiger partial charge in [0.05, 0.1) is 0 Å². The van der Waals surface area contributed by atoms with Crippen molar-refractivity contribution in [2.75, 3.05) is 6.54 Å². The zero-order chi connectivity index (χ0) is 15.7. The van der Waals surface area contributed by atoms with E-state index >= 15 is 0 Å². The van der Waals surface area contributed by atoms with Crippen LogP contribution in [0.2, 0.25) is 0 Å². The van der Waals surface area contributed by atoms with Crippen LogP contribution in [-0.2, 0) is 0 Å². The summed E-state index contributed by atoms with van der Waals surface area (Å²) in [5.41, 5.74) is 0.489. The van der Waals surface area contributed by atoms with Gasteiger partial charge in [-0.25, -0.2) is 4.52 Å². The van der Waals surface area contributed by atoms with E-state index in [4.69, 9.17) is 0 Å². The molecular weight excluding hydrogens is 299 g/mol. The predicted molar refractivity (Wildman–Crippen MR) is 70.1 cm³/mol. The lowest BCUT2D eigenvalue weighted by atomic mass is 10.1. The molecule has 0 saturated heterocycles. The third kappa shape index (κ3) is 3.02. The molecule has 9 heteroatoms. The van der Waals surface area contributed by atoms with E-state index in [0.717, 1.165) is 17.7 Å². The third-order valence-electron chi connectivity index (χ3n) is 3.82. The van der Waals surface area contributed by atoms with Crippen molar-refractivity contribution in [1.29, 1.82) is 0 Å². The summed E-state index contributed by atoms with van der Waals surface area (Å²) in [4.78, 5) is 13.5. The number of carbonyl (C=O) groups excluding carboxylic acids is 1. The number of pyridine rings is 1. The first-order valence-corrected chi connectivity index (χ1v) is 6.99. The lowest BCUT2D eigenvalue weighted by molar-refractivity contribution is -0.144. The highest BCUT2D eigenvalue weighted by Crippen LogP contribution is 2.28. The number of halogens is 3. The van der Waals surface area contributed by atoms with Crippen LogP contribution in [0.4, 0.5) is 13.2 Å². The van der Waals surface area contributed by atoms with Gasteiger partial charge in [-0.15, -0.1) is 5.10 Å². The summed E-state index contributed by atoms with van der Waals surface area (Å²) in [6.07, 6.45) is -0.0479. The number of fused-ring (bicyclic) bond motifs is 1. The zero-order valence-corrected chi connectivity index (χ0v) is 11.6. The van der Waals surface area contributed by atoms with Gasteiger partial charge in [0, 0.05) is 17.8 Å². The molecule has 1 saturated carbocycles. The maximum atomic E-state index is 12.8. The molecule has 3 rings (SSSR count). The fraction of sp³-hybridized carbons (Fsp3) is 0.538. The molecule has 118 valence electrons. The van der Waals surface area contributed by atoms with Crippen LogP contribution in [0.15, 0.2) is 18.3 Å². The van der Waals surface area contributed by atoms with E-state index in [2.05, 4.69) is 15.5 Å². The van der Waals surface area contributed by atoms with Crippen molar-refractivity contribution in [2.24, 2.45) is 0 Å². The van der Waals surface area contributed by atoms with E-state index in [1.807, 2.05) is 0 Å². The first-order chi connectivity index (χ1) is 10.4. The van der Waals surface area contributed by atoms with Crippen LogP contribution in [0.25, 0.3) is 5.65 Å². The molecule has 6 nitrogen and oxygen atoms in total. The molecule has 0 atom stereocenters. The largest absolute Gasteiger partial charge is 0.406 e. The number of hydrogen-bond donors (Lipinski definition) is 0. The molecule has 0 N–H and O–H groups in total. The van der Waals surface area contributed by atoms with E-state index in [-0.39, 0.29) is 11.6 Å². The second-order valence-corrected chi connectivity index (χ2v) is 5.38. The first kappa shape index (κ1) is 14.7. The Balaban J connectivity index is 1.89. The van der Waals surface area contributed by atoms with Crippen LogP contribution in [0, 0.1) is 0 Å². The van der Waals surface area contributed by atoms with Gasteiger partial charge in [0.1, 0.15) is 6.54 Å². The van der Waals surface area contributed by atoms with Crippen molar-refractivity contribution in [3.63, 3.8) is 0 Å². The average molecular weight is 313 g/mol. The molecule has 1 fully saturated rings. The Morgan fingerprint density at radius 1 is 1.36 bits per heavy atom. The molecule has 22 heavy (non-hydrogen) atoms. The second-order valence-electron chi connectivity index (χ2n) is 5.38. The number of nitrogens with zero attached hydrogens (tertiary/aromatic N) is 5. The molecule has 2 aromatic rings. The molecule has 1 aliphatic carbocycles. The van der Waals surface area contributed by atoms with E-state index in [9.17, 15) is 18.0 Å². The third-order valence-corrected chi connectivity index (χ3v) is 3.82. The Kier molecular flexibility index (Phi) is 3.71. The quantitative estimate of drug-likeness (QED) is 0.870. The molecule has 0 bridgehead atoms. The standard InChI is InChI=1S/C13H14F3N5O/c14-13(15,16)8-20(10-3-1-2-4-10)12(22)9-5-6-21-11(7-9)17-18-19-21/h5-7,10H,1-4,8H2. The molecule has 0 aliphatic heterocycles. The summed E-state index contributed by atoms with van der Waals surface area (Å²) in [7, 11) is 0. The molecule has 0 spiro atoms. The van der Waals surface area contributed by atoms with Gasteiger partial charge >= 0.3 is 6.18 Å². The van der Waals surface area contributed by atoms with Crippen molar-refractivity contribution in [3.8, 4) is 0 Å². The summed E-state index contributed by atoms with van der Waals surface area (Å²) >= 11 is 0. The Bertz CT molecular complexity index is 678. The van der Waals surface area contributed by atoms with Crippen molar-refractivity contribution < 1.29 is 18.0 Å². The minimum atomic E-state index is -4.42. The van der Waals surface area contributed by atoms with E-state index in [1.165, 1.54) is 22.8 Å². The Labute approximate surface area is 123 Å².